The van der Waals surface area contributed by atoms with E-state index in [4.69, 9.17) is 18.5 Å². The number of unbranched alkanes of at least 4 members (excludes halogenated alkanes) is 24. The highest BCUT2D eigenvalue weighted by Crippen LogP contribution is 2.38. The van der Waals surface area contributed by atoms with E-state index in [1.807, 2.05) is 21.1 Å². The van der Waals surface area contributed by atoms with Crippen LogP contribution in [0, 0.1) is 0 Å². The largest absolute Gasteiger partial charge is 0.756 e. The third kappa shape index (κ3) is 36.8. The minimum absolute atomic E-state index is 0.0262. The fourth-order valence-electron chi connectivity index (χ4n) is 5.83. The number of nitrogens with zero attached hydrogens (tertiary/aromatic N) is 1. The van der Waals surface area contributed by atoms with E-state index in [9.17, 15) is 19.0 Å². The molecule has 0 N–H and O–H groups in total. The van der Waals surface area contributed by atoms with Crippen LogP contribution in [0.2, 0.25) is 0 Å². The van der Waals surface area contributed by atoms with Crippen LogP contribution < -0.4 is 4.89 Å². The molecule has 0 aliphatic heterocycles. The van der Waals surface area contributed by atoms with E-state index >= 15 is 0 Å². The Bertz CT molecular complexity index is 835. The summed E-state index contributed by atoms with van der Waals surface area (Å²) < 4.78 is 33.7. The predicted octanol–water partition coefficient (Wildman–Crippen LogP) is 10.6. The summed E-state index contributed by atoms with van der Waals surface area (Å²) in [7, 11) is 1.18. The maximum atomic E-state index is 12.6. The van der Waals surface area contributed by atoms with Crippen LogP contribution in [0.25, 0.3) is 0 Å². The van der Waals surface area contributed by atoms with Gasteiger partial charge in [0, 0.05) is 12.8 Å². The smallest absolute Gasteiger partial charge is 0.306 e. The molecule has 0 saturated heterocycles. The second kappa shape index (κ2) is 33.8. The highest BCUT2D eigenvalue weighted by Gasteiger charge is 2.21. The number of rotatable bonds is 38. The molecule has 0 aromatic heterocycles. The normalized spacial score (nSPS) is 13.6. The van der Waals surface area contributed by atoms with E-state index in [1.54, 1.807) is 0 Å². The summed E-state index contributed by atoms with van der Waals surface area (Å²) in [5.41, 5.74) is 0. The van der Waals surface area contributed by atoms with Crippen molar-refractivity contribution in [2.45, 2.75) is 200 Å². The van der Waals surface area contributed by atoms with Crippen molar-refractivity contribution in [1.82, 2.24) is 0 Å². The number of ether oxygens (including phenoxy) is 2. The SMILES string of the molecule is CCCCCCCCCCCCCCCCCCCCCC(=O)OC(COC(=O)CCCCCCCCC)COP(=O)([O-])OCC[N+](C)(C)C. The van der Waals surface area contributed by atoms with Gasteiger partial charge in [-0.3, -0.25) is 14.2 Å². The van der Waals surface area contributed by atoms with Crippen LogP contribution in [0.15, 0.2) is 0 Å². The van der Waals surface area contributed by atoms with Crippen LogP contribution in [-0.4, -0.2) is 70.0 Å². The summed E-state index contributed by atoms with van der Waals surface area (Å²) in [6.07, 6.45) is 31.5. The number of esters is 2. The lowest BCUT2D eigenvalue weighted by atomic mass is 10.0. The van der Waals surface area contributed by atoms with Crippen molar-refractivity contribution in [3.8, 4) is 0 Å². The van der Waals surface area contributed by atoms with Crippen molar-refractivity contribution in [1.29, 1.82) is 0 Å². The van der Waals surface area contributed by atoms with Gasteiger partial charge in [-0.05, 0) is 12.8 Å². The molecule has 0 heterocycles. The Hall–Kier alpha value is -0.990. The van der Waals surface area contributed by atoms with Crippen LogP contribution in [0.1, 0.15) is 194 Å². The van der Waals surface area contributed by atoms with Gasteiger partial charge in [-0.25, -0.2) is 0 Å². The third-order valence-corrected chi connectivity index (χ3v) is 10.1. The van der Waals surface area contributed by atoms with Gasteiger partial charge in [-0.2, -0.15) is 0 Å². The summed E-state index contributed by atoms with van der Waals surface area (Å²) in [4.78, 5) is 37.2. The molecule has 0 rings (SSSR count). The van der Waals surface area contributed by atoms with Gasteiger partial charge in [-0.1, -0.05) is 168 Å². The molecule has 0 aliphatic carbocycles. The van der Waals surface area contributed by atoms with Gasteiger partial charge in [0.05, 0.1) is 27.7 Å². The van der Waals surface area contributed by atoms with Gasteiger partial charge in [-0.15, -0.1) is 0 Å². The highest BCUT2D eigenvalue weighted by molar-refractivity contribution is 7.45. The molecule has 2 atom stereocenters. The average Bonchev–Trinajstić information content (AvgIpc) is 3.06. The molecule has 0 bridgehead atoms. The van der Waals surface area contributed by atoms with E-state index in [2.05, 4.69) is 13.8 Å². The zero-order chi connectivity index (χ0) is 37.2. The first-order chi connectivity index (χ1) is 24.0. The Morgan fingerprint density at radius 2 is 0.900 bits per heavy atom. The lowest BCUT2D eigenvalue weighted by Gasteiger charge is -2.28. The molecule has 9 nitrogen and oxygen atoms in total. The first-order valence-corrected chi connectivity index (χ1v) is 22.2. The second-order valence-corrected chi connectivity index (χ2v) is 16.8. The summed E-state index contributed by atoms with van der Waals surface area (Å²) in [5.74, 6) is -0.830. The number of hydrogen-bond donors (Lipinski definition) is 0. The molecule has 2 unspecified atom stereocenters. The topological polar surface area (TPSA) is 111 Å². The summed E-state index contributed by atoms with van der Waals surface area (Å²) in [6, 6.07) is 0. The standard InChI is InChI=1S/C40H80NO8P/c1-6-8-10-12-14-15-16-17-18-19-20-21-22-23-24-25-27-29-31-33-40(43)49-38(37-48-50(44,45)47-35-34-41(3,4)5)36-46-39(42)32-30-28-26-13-11-9-7-2/h38H,6-37H2,1-5H3. The van der Waals surface area contributed by atoms with E-state index in [-0.39, 0.29) is 32.0 Å². The lowest BCUT2D eigenvalue weighted by Crippen LogP contribution is -2.37. The van der Waals surface area contributed by atoms with Gasteiger partial charge in [0.1, 0.15) is 19.8 Å². The molecule has 0 aromatic carbocycles. The fraction of sp³-hybridized carbons (Fsp3) is 0.950. The Labute approximate surface area is 308 Å². The zero-order valence-electron chi connectivity index (χ0n) is 33.4. The maximum absolute atomic E-state index is 12.6. The van der Waals surface area contributed by atoms with Crippen molar-refractivity contribution >= 4 is 19.8 Å². The van der Waals surface area contributed by atoms with Gasteiger partial charge in [0.2, 0.25) is 0 Å². The molecule has 0 saturated carbocycles. The maximum Gasteiger partial charge on any atom is 0.306 e. The van der Waals surface area contributed by atoms with Crippen molar-refractivity contribution < 1.29 is 42.1 Å². The van der Waals surface area contributed by atoms with E-state index in [0.717, 1.165) is 32.1 Å². The summed E-state index contributed by atoms with van der Waals surface area (Å²) >= 11 is 0. The van der Waals surface area contributed by atoms with Crippen LogP contribution in [0.5, 0.6) is 0 Å². The molecule has 50 heavy (non-hydrogen) atoms. The molecule has 0 fully saturated rings. The third-order valence-electron chi connectivity index (χ3n) is 9.13. The Morgan fingerprint density at radius 3 is 1.28 bits per heavy atom. The monoisotopic (exact) mass is 734 g/mol. The molecule has 0 amide bonds. The van der Waals surface area contributed by atoms with Crippen LogP contribution >= 0.6 is 7.82 Å². The van der Waals surface area contributed by atoms with Gasteiger partial charge in [0.15, 0.2) is 6.10 Å². The van der Waals surface area contributed by atoms with Crippen molar-refractivity contribution in [2.24, 2.45) is 0 Å². The lowest BCUT2D eigenvalue weighted by molar-refractivity contribution is -0.870. The number of phosphoric acid groups is 1. The van der Waals surface area contributed by atoms with Crippen LogP contribution in [-0.2, 0) is 32.7 Å². The zero-order valence-corrected chi connectivity index (χ0v) is 34.3. The van der Waals surface area contributed by atoms with Gasteiger partial charge < -0.3 is 27.9 Å². The van der Waals surface area contributed by atoms with Crippen molar-refractivity contribution in [3.63, 3.8) is 0 Å². The number of likely N-dealkylation sites (N-methyl/N-ethyl adjacent to an activating group) is 1. The first-order valence-electron chi connectivity index (χ1n) is 20.7. The molecule has 10 heteroatoms. The van der Waals surface area contributed by atoms with E-state index < -0.39 is 26.5 Å². The molecule has 0 aromatic rings. The van der Waals surface area contributed by atoms with E-state index in [1.165, 1.54) is 128 Å². The van der Waals surface area contributed by atoms with E-state index in [0.29, 0.717) is 17.4 Å². The van der Waals surface area contributed by atoms with Crippen LogP contribution in [0.4, 0.5) is 0 Å². The minimum atomic E-state index is -4.61. The number of quaternary nitrogens is 1. The Balaban J connectivity index is 4.21. The molecular weight excluding hydrogens is 653 g/mol. The predicted molar refractivity (Wildman–Crippen MR) is 204 cm³/mol. The van der Waals surface area contributed by atoms with Gasteiger partial charge >= 0.3 is 11.9 Å². The molecule has 0 aliphatic rings. The minimum Gasteiger partial charge on any atom is -0.756 e. The number of hydrogen-bond acceptors (Lipinski definition) is 8. The molecular formula is C40H80NO8P. The van der Waals surface area contributed by atoms with Gasteiger partial charge in [0.25, 0.3) is 7.82 Å². The van der Waals surface area contributed by atoms with Crippen LogP contribution in [0.3, 0.4) is 0 Å². The second-order valence-electron chi connectivity index (χ2n) is 15.4. The number of carbonyl (C=O) groups is 2. The molecule has 0 radical (unpaired) electrons. The first kappa shape index (κ1) is 49.0. The quantitative estimate of drug-likeness (QED) is 0.0267. The molecule has 0 spiro atoms. The number of carbonyl (C=O) groups excluding carboxylic acids is 2. The number of phosphoric ester groups is 1. The average molecular weight is 734 g/mol. The summed E-state index contributed by atoms with van der Waals surface area (Å²) in [6.45, 7) is 4.20. The summed E-state index contributed by atoms with van der Waals surface area (Å²) in [5, 5.41) is 0. The highest BCUT2D eigenvalue weighted by atomic mass is 31.2. The Morgan fingerprint density at radius 1 is 0.540 bits per heavy atom. The molecule has 298 valence electrons. The van der Waals surface area contributed by atoms with Crippen molar-refractivity contribution in [2.75, 3.05) is 47.5 Å². The van der Waals surface area contributed by atoms with Crippen molar-refractivity contribution in [3.05, 3.63) is 0 Å². The fourth-order valence-corrected chi connectivity index (χ4v) is 6.56. The Kier molecular flexibility index (Phi) is 33.2.